The fourth-order valence-corrected chi connectivity index (χ4v) is 3.41. The molecule has 0 saturated heterocycles. The predicted molar refractivity (Wildman–Crippen MR) is 75.1 cm³/mol. The molecule has 2 heterocycles. The Morgan fingerprint density at radius 2 is 2.26 bits per heavy atom. The lowest BCUT2D eigenvalue weighted by Gasteiger charge is -2.26. The Balaban J connectivity index is 1.90. The molecule has 1 aliphatic rings. The van der Waals surface area contributed by atoms with Crippen LogP contribution in [0, 0.1) is 5.82 Å². The zero-order chi connectivity index (χ0) is 13.2. The zero-order valence-corrected chi connectivity index (χ0v) is 11.5. The minimum absolute atomic E-state index is 0.0414. The van der Waals surface area contributed by atoms with E-state index in [-0.39, 0.29) is 11.9 Å². The van der Waals surface area contributed by atoms with Crippen molar-refractivity contribution in [3.63, 3.8) is 0 Å². The van der Waals surface area contributed by atoms with Crippen LogP contribution < -0.4 is 5.32 Å². The van der Waals surface area contributed by atoms with Crippen LogP contribution in [0.15, 0.2) is 35.5 Å². The third-order valence-corrected chi connectivity index (χ3v) is 4.29. The van der Waals surface area contributed by atoms with Gasteiger partial charge in [0.15, 0.2) is 0 Å². The van der Waals surface area contributed by atoms with Gasteiger partial charge in [0.2, 0.25) is 0 Å². The molecule has 1 N–H and O–H groups in total. The van der Waals surface area contributed by atoms with Crippen LogP contribution in [0.4, 0.5) is 10.2 Å². The Morgan fingerprint density at radius 3 is 3.11 bits per heavy atom. The molecule has 3 nitrogen and oxygen atoms in total. The Morgan fingerprint density at radius 1 is 1.37 bits per heavy atom. The lowest BCUT2D eigenvalue weighted by Crippen LogP contribution is -2.17. The molecule has 6 heteroatoms. The number of rotatable bonds is 2. The van der Waals surface area contributed by atoms with Gasteiger partial charge in [-0.05, 0) is 18.1 Å². The van der Waals surface area contributed by atoms with Crippen LogP contribution in [0.2, 0.25) is 5.15 Å². The second kappa shape index (κ2) is 5.35. The number of fused-ring (bicyclic) bond motifs is 1. The van der Waals surface area contributed by atoms with Gasteiger partial charge in [-0.2, -0.15) is 0 Å². The fourth-order valence-electron chi connectivity index (χ4n) is 2.13. The molecule has 0 amide bonds. The number of hydrogen-bond acceptors (Lipinski definition) is 4. The number of thioether (sulfide) groups is 1. The van der Waals surface area contributed by atoms with Crippen molar-refractivity contribution in [2.75, 3.05) is 11.1 Å². The normalized spacial score (nSPS) is 17.9. The summed E-state index contributed by atoms with van der Waals surface area (Å²) >= 11 is 7.37. The highest BCUT2D eigenvalue weighted by Crippen LogP contribution is 2.39. The minimum atomic E-state index is -0.161. The third-order valence-electron chi connectivity index (χ3n) is 2.95. The van der Waals surface area contributed by atoms with Gasteiger partial charge in [-0.15, -0.1) is 11.8 Å². The quantitative estimate of drug-likeness (QED) is 0.911. The number of benzene rings is 1. The average molecular weight is 296 g/mol. The van der Waals surface area contributed by atoms with E-state index in [1.165, 1.54) is 12.3 Å². The molecule has 98 valence electrons. The van der Waals surface area contributed by atoms with Crippen LogP contribution in [0.5, 0.6) is 0 Å². The Hall–Kier alpha value is -1.33. The van der Waals surface area contributed by atoms with E-state index in [9.17, 15) is 4.39 Å². The second-order valence-electron chi connectivity index (χ2n) is 4.22. The van der Waals surface area contributed by atoms with E-state index in [0.717, 1.165) is 22.6 Å². The van der Waals surface area contributed by atoms with Crippen molar-refractivity contribution in [1.29, 1.82) is 0 Å². The number of hydrogen-bond donors (Lipinski definition) is 1. The molecule has 0 fully saturated rings. The standard InChI is InChI=1S/C13H11ClFN3S/c14-11-6-16-7-12(18-11)17-10-4-5-19-13-8(10)2-1-3-9(13)15/h1-3,6-7,10H,4-5H2,(H,17,18)/t10-/m0/s1. The van der Waals surface area contributed by atoms with Gasteiger partial charge in [0.05, 0.1) is 18.4 Å². The van der Waals surface area contributed by atoms with Gasteiger partial charge >= 0.3 is 0 Å². The Labute approximate surface area is 119 Å². The highest BCUT2D eigenvalue weighted by Gasteiger charge is 2.23. The van der Waals surface area contributed by atoms with E-state index in [2.05, 4.69) is 15.3 Å². The fraction of sp³-hybridized carbons (Fsp3) is 0.231. The largest absolute Gasteiger partial charge is 0.362 e. The summed E-state index contributed by atoms with van der Waals surface area (Å²) in [6, 6.07) is 5.21. The first-order valence-electron chi connectivity index (χ1n) is 5.89. The first kappa shape index (κ1) is 12.7. The molecule has 2 aromatic rings. The average Bonchev–Trinajstić information content (AvgIpc) is 2.40. The summed E-state index contributed by atoms with van der Waals surface area (Å²) in [5.41, 5.74) is 0.970. The van der Waals surface area contributed by atoms with Gasteiger partial charge in [-0.3, -0.25) is 4.98 Å². The second-order valence-corrected chi connectivity index (χ2v) is 5.71. The van der Waals surface area contributed by atoms with Crippen LogP contribution in [-0.2, 0) is 0 Å². The summed E-state index contributed by atoms with van der Waals surface area (Å²) in [6.45, 7) is 0. The molecule has 0 saturated carbocycles. The number of nitrogens with one attached hydrogen (secondary N) is 1. The van der Waals surface area contributed by atoms with Crippen molar-refractivity contribution in [2.24, 2.45) is 0 Å². The maximum absolute atomic E-state index is 13.7. The van der Waals surface area contributed by atoms with E-state index in [1.807, 2.05) is 6.07 Å². The van der Waals surface area contributed by atoms with Crippen LogP contribution >= 0.6 is 23.4 Å². The van der Waals surface area contributed by atoms with E-state index in [4.69, 9.17) is 11.6 Å². The number of aromatic nitrogens is 2. The smallest absolute Gasteiger partial charge is 0.149 e. The SMILES string of the molecule is Fc1cccc2c1SCC[C@@H]2Nc1cncc(Cl)n1. The van der Waals surface area contributed by atoms with Gasteiger partial charge in [-0.25, -0.2) is 9.37 Å². The van der Waals surface area contributed by atoms with Crippen LogP contribution in [0.3, 0.4) is 0 Å². The molecule has 1 aliphatic heterocycles. The lowest BCUT2D eigenvalue weighted by molar-refractivity contribution is 0.584. The van der Waals surface area contributed by atoms with Crippen molar-refractivity contribution in [1.82, 2.24) is 9.97 Å². The van der Waals surface area contributed by atoms with E-state index in [0.29, 0.717) is 11.0 Å². The van der Waals surface area contributed by atoms with Gasteiger partial charge in [-0.1, -0.05) is 23.7 Å². The number of halogens is 2. The summed E-state index contributed by atoms with van der Waals surface area (Å²) in [4.78, 5) is 8.86. The van der Waals surface area contributed by atoms with Crippen LogP contribution in [0.1, 0.15) is 18.0 Å². The summed E-state index contributed by atoms with van der Waals surface area (Å²) in [6.07, 6.45) is 4.01. The maximum Gasteiger partial charge on any atom is 0.149 e. The molecule has 19 heavy (non-hydrogen) atoms. The van der Waals surface area contributed by atoms with Gasteiger partial charge < -0.3 is 5.32 Å². The highest BCUT2D eigenvalue weighted by molar-refractivity contribution is 7.99. The van der Waals surface area contributed by atoms with Gasteiger partial charge in [0, 0.05) is 10.6 Å². The maximum atomic E-state index is 13.7. The summed E-state index contributed by atoms with van der Waals surface area (Å²) in [5.74, 6) is 1.32. The topological polar surface area (TPSA) is 37.8 Å². The molecule has 1 atom stereocenters. The molecule has 0 unspecified atom stereocenters. The van der Waals surface area contributed by atoms with Gasteiger partial charge in [0.1, 0.15) is 16.8 Å². The molecular weight excluding hydrogens is 285 g/mol. The number of nitrogens with zero attached hydrogens (tertiary/aromatic N) is 2. The molecule has 1 aromatic heterocycles. The first-order valence-corrected chi connectivity index (χ1v) is 7.25. The zero-order valence-electron chi connectivity index (χ0n) is 9.94. The van der Waals surface area contributed by atoms with Crippen LogP contribution in [-0.4, -0.2) is 15.7 Å². The van der Waals surface area contributed by atoms with Crippen molar-refractivity contribution in [3.05, 3.63) is 47.1 Å². The number of anilines is 1. The molecule has 3 rings (SSSR count). The minimum Gasteiger partial charge on any atom is -0.362 e. The van der Waals surface area contributed by atoms with Crippen LogP contribution in [0.25, 0.3) is 0 Å². The molecular formula is C13H11ClFN3S. The summed E-state index contributed by atoms with van der Waals surface area (Å²) in [5, 5.41) is 3.61. The van der Waals surface area contributed by atoms with Crippen molar-refractivity contribution in [3.8, 4) is 0 Å². The molecule has 0 bridgehead atoms. The van der Waals surface area contributed by atoms with E-state index < -0.39 is 0 Å². The first-order chi connectivity index (χ1) is 9.24. The van der Waals surface area contributed by atoms with E-state index in [1.54, 1.807) is 24.0 Å². The van der Waals surface area contributed by atoms with Crippen molar-refractivity contribution < 1.29 is 4.39 Å². The monoisotopic (exact) mass is 295 g/mol. The lowest BCUT2D eigenvalue weighted by atomic mass is 10.0. The Bertz CT molecular complexity index is 608. The van der Waals surface area contributed by atoms with Crippen molar-refractivity contribution in [2.45, 2.75) is 17.4 Å². The highest BCUT2D eigenvalue weighted by atomic mass is 35.5. The Kier molecular flexibility index (Phi) is 3.57. The molecule has 1 aromatic carbocycles. The summed E-state index contributed by atoms with van der Waals surface area (Å²) in [7, 11) is 0. The molecule has 0 aliphatic carbocycles. The molecule has 0 spiro atoms. The third kappa shape index (κ3) is 2.67. The molecule has 0 radical (unpaired) electrons. The predicted octanol–water partition coefficient (Wildman–Crippen LogP) is 3.92. The van der Waals surface area contributed by atoms with E-state index >= 15 is 0 Å². The van der Waals surface area contributed by atoms with Crippen molar-refractivity contribution >= 4 is 29.2 Å². The van der Waals surface area contributed by atoms with Gasteiger partial charge in [0.25, 0.3) is 0 Å². The summed E-state index contributed by atoms with van der Waals surface area (Å²) < 4.78 is 13.7.